The number of rotatable bonds is 1. The van der Waals surface area contributed by atoms with Gasteiger partial charge in [0.1, 0.15) is 17.4 Å². The Morgan fingerprint density at radius 2 is 1.93 bits per heavy atom. The summed E-state index contributed by atoms with van der Waals surface area (Å²) in [6.07, 6.45) is 6.49. The number of nitrogens with one attached hydrogen (secondary N) is 1. The van der Waals surface area contributed by atoms with Crippen LogP contribution in [-0.4, -0.2) is 30.1 Å². The molecule has 72 valence electrons. The lowest BCUT2D eigenvalue weighted by molar-refractivity contribution is 1.08. The Kier molecular flexibility index (Phi) is 1.64. The van der Waals surface area contributed by atoms with Crippen molar-refractivity contribution in [3.63, 3.8) is 0 Å². The zero-order chi connectivity index (χ0) is 10.1. The number of nitrogens with zero attached hydrogens (tertiary/aromatic N) is 5. The molecule has 15 heavy (non-hydrogen) atoms. The van der Waals surface area contributed by atoms with Gasteiger partial charge >= 0.3 is 0 Å². The summed E-state index contributed by atoms with van der Waals surface area (Å²) in [7, 11) is 0. The van der Waals surface area contributed by atoms with Gasteiger partial charge in [-0.05, 0) is 6.07 Å². The number of hydrogen-bond acceptors (Lipinski definition) is 5. The van der Waals surface area contributed by atoms with E-state index in [1.165, 1.54) is 6.33 Å². The quantitative estimate of drug-likeness (QED) is 0.625. The molecule has 0 aromatic carbocycles. The summed E-state index contributed by atoms with van der Waals surface area (Å²) in [5, 5.41) is 6.94. The third-order valence-electron chi connectivity index (χ3n) is 2.00. The van der Waals surface area contributed by atoms with Gasteiger partial charge in [-0.3, -0.25) is 5.10 Å². The molecule has 6 heteroatoms. The zero-order valence-electron chi connectivity index (χ0n) is 7.62. The summed E-state index contributed by atoms with van der Waals surface area (Å²) in [5.74, 6) is 0.558. The van der Waals surface area contributed by atoms with Gasteiger partial charge in [0.15, 0.2) is 11.5 Å². The van der Waals surface area contributed by atoms with Gasteiger partial charge < -0.3 is 0 Å². The minimum absolute atomic E-state index is 0.558. The van der Waals surface area contributed by atoms with Crippen LogP contribution < -0.4 is 0 Å². The molecule has 3 heterocycles. The SMILES string of the molecule is c1cnc(-c2n[nH]c3cncnc23)nc1. The highest BCUT2D eigenvalue weighted by atomic mass is 15.2. The first-order valence-electron chi connectivity index (χ1n) is 4.36. The van der Waals surface area contributed by atoms with Crippen molar-refractivity contribution < 1.29 is 0 Å². The van der Waals surface area contributed by atoms with E-state index in [-0.39, 0.29) is 0 Å². The van der Waals surface area contributed by atoms with Crippen molar-refractivity contribution in [1.82, 2.24) is 30.1 Å². The molecule has 0 aliphatic carbocycles. The van der Waals surface area contributed by atoms with Crippen LogP contribution >= 0.6 is 0 Å². The molecule has 6 nitrogen and oxygen atoms in total. The fourth-order valence-corrected chi connectivity index (χ4v) is 1.35. The van der Waals surface area contributed by atoms with E-state index in [0.717, 1.165) is 11.0 Å². The van der Waals surface area contributed by atoms with Crippen molar-refractivity contribution in [2.45, 2.75) is 0 Å². The van der Waals surface area contributed by atoms with Crippen LogP contribution in [0.25, 0.3) is 22.6 Å². The van der Waals surface area contributed by atoms with Crippen molar-refractivity contribution >= 4 is 11.0 Å². The van der Waals surface area contributed by atoms with Gasteiger partial charge in [-0.25, -0.2) is 19.9 Å². The second-order valence-corrected chi connectivity index (χ2v) is 2.93. The topological polar surface area (TPSA) is 80.2 Å². The Balaban J connectivity index is 2.28. The molecular weight excluding hydrogens is 192 g/mol. The van der Waals surface area contributed by atoms with Crippen LogP contribution in [-0.2, 0) is 0 Å². The third kappa shape index (κ3) is 1.23. The normalized spacial score (nSPS) is 10.7. The average molecular weight is 198 g/mol. The van der Waals surface area contributed by atoms with Crippen LogP contribution in [0, 0.1) is 0 Å². The summed E-state index contributed by atoms with van der Waals surface area (Å²) in [4.78, 5) is 16.3. The monoisotopic (exact) mass is 198 g/mol. The lowest BCUT2D eigenvalue weighted by Gasteiger charge is -1.92. The predicted octanol–water partition coefficient (Wildman–Crippen LogP) is 0.810. The first kappa shape index (κ1) is 7.98. The lowest BCUT2D eigenvalue weighted by atomic mass is 10.3. The van der Waals surface area contributed by atoms with Crippen LogP contribution in [0.1, 0.15) is 0 Å². The van der Waals surface area contributed by atoms with Gasteiger partial charge in [-0.2, -0.15) is 5.10 Å². The Bertz CT molecular complexity index is 588. The van der Waals surface area contributed by atoms with Crippen LogP contribution in [0.15, 0.2) is 31.0 Å². The first-order valence-corrected chi connectivity index (χ1v) is 4.36. The van der Waals surface area contributed by atoms with Gasteiger partial charge in [0.2, 0.25) is 0 Å². The van der Waals surface area contributed by atoms with Crippen molar-refractivity contribution in [3.8, 4) is 11.5 Å². The van der Waals surface area contributed by atoms with Crippen molar-refractivity contribution in [2.75, 3.05) is 0 Å². The molecule has 0 aliphatic rings. The van der Waals surface area contributed by atoms with E-state index < -0.39 is 0 Å². The maximum absolute atomic E-state index is 4.13. The minimum Gasteiger partial charge on any atom is -0.274 e. The molecule has 1 N–H and O–H groups in total. The number of H-pyrrole nitrogens is 1. The van der Waals surface area contributed by atoms with Crippen molar-refractivity contribution in [1.29, 1.82) is 0 Å². The molecule has 0 spiro atoms. The summed E-state index contributed by atoms with van der Waals surface area (Å²) < 4.78 is 0. The van der Waals surface area contributed by atoms with Gasteiger partial charge in [-0.1, -0.05) is 0 Å². The van der Waals surface area contributed by atoms with E-state index in [9.17, 15) is 0 Å². The van der Waals surface area contributed by atoms with E-state index in [1.807, 2.05) is 0 Å². The molecule has 0 aliphatic heterocycles. The molecule has 0 radical (unpaired) electrons. The van der Waals surface area contributed by atoms with E-state index in [4.69, 9.17) is 0 Å². The van der Waals surface area contributed by atoms with E-state index in [0.29, 0.717) is 11.5 Å². The maximum Gasteiger partial charge on any atom is 0.182 e. The van der Waals surface area contributed by atoms with E-state index >= 15 is 0 Å². The molecule has 3 aromatic rings. The molecule has 0 amide bonds. The predicted molar refractivity (Wildman–Crippen MR) is 52.7 cm³/mol. The van der Waals surface area contributed by atoms with Crippen LogP contribution in [0.4, 0.5) is 0 Å². The smallest absolute Gasteiger partial charge is 0.182 e. The molecule has 0 bridgehead atoms. The Labute approximate surface area is 84.4 Å². The van der Waals surface area contributed by atoms with Gasteiger partial charge in [0.25, 0.3) is 0 Å². The van der Waals surface area contributed by atoms with Crippen molar-refractivity contribution in [3.05, 3.63) is 31.0 Å². The summed E-state index contributed by atoms with van der Waals surface area (Å²) in [5.41, 5.74) is 2.16. The van der Waals surface area contributed by atoms with Gasteiger partial charge in [-0.15, -0.1) is 0 Å². The molecule has 0 unspecified atom stereocenters. The van der Waals surface area contributed by atoms with Gasteiger partial charge in [0.05, 0.1) is 6.20 Å². The number of aromatic nitrogens is 6. The summed E-state index contributed by atoms with van der Waals surface area (Å²) in [6.45, 7) is 0. The van der Waals surface area contributed by atoms with Crippen LogP contribution in [0.3, 0.4) is 0 Å². The average Bonchev–Trinajstić information content (AvgIpc) is 2.74. The highest BCUT2D eigenvalue weighted by Crippen LogP contribution is 2.19. The lowest BCUT2D eigenvalue weighted by Crippen LogP contribution is -1.88. The fraction of sp³-hybridized carbons (Fsp3) is 0. The number of fused-ring (bicyclic) bond motifs is 1. The zero-order valence-corrected chi connectivity index (χ0v) is 7.62. The number of aromatic amines is 1. The van der Waals surface area contributed by atoms with Gasteiger partial charge in [0, 0.05) is 12.4 Å². The van der Waals surface area contributed by atoms with E-state index in [2.05, 4.69) is 30.1 Å². The van der Waals surface area contributed by atoms with E-state index in [1.54, 1.807) is 24.7 Å². The highest BCUT2D eigenvalue weighted by molar-refractivity contribution is 5.86. The molecule has 3 rings (SSSR count). The maximum atomic E-state index is 4.13. The minimum atomic E-state index is 0.558. The van der Waals surface area contributed by atoms with Crippen LogP contribution in [0.2, 0.25) is 0 Å². The summed E-state index contributed by atoms with van der Waals surface area (Å²) >= 11 is 0. The first-order chi connectivity index (χ1) is 7.45. The fourth-order valence-electron chi connectivity index (χ4n) is 1.35. The molecule has 0 atom stereocenters. The molecule has 0 saturated heterocycles. The highest BCUT2D eigenvalue weighted by Gasteiger charge is 2.10. The third-order valence-corrected chi connectivity index (χ3v) is 2.00. The Hall–Kier alpha value is -2.37. The van der Waals surface area contributed by atoms with Crippen molar-refractivity contribution in [2.24, 2.45) is 0 Å². The second kappa shape index (κ2) is 3.09. The Morgan fingerprint density at radius 1 is 1.07 bits per heavy atom. The molecule has 0 saturated carbocycles. The standard InChI is InChI=1S/C9H6N6/c1-2-11-9(12-3-1)8-7-6(14-15-8)4-10-5-13-7/h1-5H,(H,14,15). The Morgan fingerprint density at radius 3 is 2.80 bits per heavy atom. The number of hydrogen-bond donors (Lipinski definition) is 1. The van der Waals surface area contributed by atoms with Crippen LogP contribution in [0.5, 0.6) is 0 Å². The molecular formula is C9H6N6. The molecule has 0 fully saturated rings. The second-order valence-electron chi connectivity index (χ2n) is 2.93. The summed E-state index contributed by atoms with van der Waals surface area (Å²) in [6, 6.07) is 1.76. The molecule has 3 aromatic heterocycles. The largest absolute Gasteiger partial charge is 0.274 e.